The molecule has 0 saturated heterocycles. The van der Waals surface area contributed by atoms with Gasteiger partial charge in [-0.05, 0) is 0 Å². The van der Waals surface area contributed by atoms with Gasteiger partial charge in [-0.3, -0.25) is 4.89 Å². The fraction of sp³-hybridized carbons (Fsp3) is 0. The highest BCUT2D eigenvalue weighted by atomic mass is 31.3. The van der Waals surface area contributed by atoms with E-state index in [9.17, 15) is 13.0 Å². The zero-order valence-electron chi connectivity index (χ0n) is 2.97. The molecule has 0 bridgehead atoms. The summed E-state index contributed by atoms with van der Waals surface area (Å²) in [5, 5.41) is 0. The van der Waals surface area contributed by atoms with E-state index in [1.807, 2.05) is 0 Å². The van der Waals surface area contributed by atoms with Gasteiger partial charge in [0, 0.05) is 0 Å². The largest absolute Gasteiger partial charge is 0.515 e. The molecule has 44 valence electrons. The first-order chi connectivity index (χ1) is 3.06. The van der Waals surface area contributed by atoms with Crippen molar-refractivity contribution in [2.45, 2.75) is 0 Å². The first kappa shape index (κ1) is 7.44. The van der Waals surface area contributed by atoms with E-state index in [1.165, 1.54) is 0 Å². The van der Waals surface area contributed by atoms with Crippen LogP contribution >= 0.6 is 17.0 Å². The van der Waals surface area contributed by atoms with E-state index < -0.39 is 17.0 Å². The highest BCUT2D eigenvalue weighted by Crippen LogP contribution is 2.49. The van der Waals surface area contributed by atoms with Crippen molar-refractivity contribution in [1.82, 2.24) is 0 Å². The standard InChI is InChI=1S/F2H2O3P2/c1-6-5-7(2,3)4/h6H,(H,3,4). The van der Waals surface area contributed by atoms with E-state index in [2.05, 4.69) is 4.31 Å². The van der Waals surface area contributed by atoms with Gasteiger partial charge < -0.3 is 0 Å². The van der Waals surface area contributed by atoms with Crippen LogP contribution in [0.15, 0.2) is 0 Å². The molecule has 0 aromatic heterocycles. The predicted molar refractivity (Wildman–Crippen MR) is 21.4 cm³/mol. The lowest BCUT2D eigenvalue weighted by atomic mass is 15.8. The molecule has 0 aromatic rings. The predicted octanol–water partition coefficient (Wildman–Crippen LogP) is 1.55. The Kier molecular flexibility index (Phi) is 2.84. The molecular formula is H2F2O3P2. The van der Waals surface area contributed by atoms with Gasteiger partial charge in [0.2, 0.25) is 9.12 Å². The monoisotopic (exact) mass is 150 g/mol. The molecule has 2 atom stereocenters. The third kappa shape index (κ3) is 6.44. The maximum absolute atomic E-state index is 11.0. The number of hydrogen-bond donors (Lipinski definition) is 1. The molecule has 0 fully saturated rings. The van der Waals surface area contributed by atoms with Gasteiger partial charge in [-0.15, -0.1) is 4.20 Å². The van der Waals surface area contributed by atoms with Gasteiger partial charge in [0.1, 0.15) is 0 Å². The average molecular weight is 150 g/mol. The summed E-state index contributed by atoms with van der Waals surface area (Å²) in [6, 6.07) is 0. The summed E-state index contributed by atoms with van der Waals surface area (Å²) in [6.07, 6.45) is 0. The molecule has 3 nitrogen and oxygen atoms in total. The molecule has 0 aliphatic carbocycles. The van der Waals surface area contributed by atoms with Crippen LogP contribution in [0.25, 0.3) is 0 Å². The van der Waals surface area contributed by atoms with E-state index in [1.54, 1.807) is 0 Å². The number of rotatable bonds is 2. The molecule has 0 saturated carbocycles. The first-order valence-electron chi connectivity index (χ1n) is 1.13. The molecule has 7 heavy (non-hydrogen) atoms. The van der Waals surface area contributed by atoms with Crippen LogP contribution in [0.5, 0.6) is 0 Å². The van der Waals surface area contributed by atoms with E-state index in [0.29, 0.717) is 0 Å². The molecule has 0 aliphatic rings. The summed E-state index contributed by atoms with van der Waals surface area (Å²) in [7, 11) is -6.81. The lowest BCUT2D eigenvalue weighted by Crippen LogP contribution is -1.63. The Balaban J connectivity index is 3.36. The quantitative estimate of drug-likeness (QED) is 0.607. The maximum atomic E-state index is 11.0. The fourth-order valence-electron chi connectivity index (χ4n) is 0.0426. The van der Waals surface area contributed by atoms with Crippen molar-refractivity contribution in [2.24, 2.45) is 0 Å². The van der Waals surface area contributed by atoms with Crippen LogP contribution < -0.4 is 0 Å². The highest BCUT2D eigenvalue weighted by Gasteiger charge is 2.15. The minimum atomic E-state index is -5.03. The Bertz CT molecular complexity index is 84.9. The van der Waals surface area contributed by atoms with Crippen LogP contribution in [0.4, 0.5) is 8.39 Å². The molecular weight excluding hydrogens is 148 g/mol. The molecule has 0 amide bonds. The van der Waals surface area contributed by atoms with Crippen molar-refractivity contribution in [3.63, 3.8) is 0 Å². The lowest BCUT2D eigenvalue weighted by molar-refractivity contribution is 0.341. The molecule has 2 unspecified atom stereocenters. The van der Waals surface area contributed by atoms with Gasteiger partial charge in [-0.25, -0.2) is 8.88 Å². The van der Waals surface area contributed by atoms with Gasteiger partial charge in [0.05, 0.1) is 0 Å². The van der Waals surface area contributed by atoms with Gasteiger partial charge in [0.15, 0.2) is 0 Å². The van der Waals surface area contributed by atoms with Gasteiger partial charge in [0.25, 0.3) is 0 Å². The van der Waals surface area contributed by atoms with Crippen LogP contribution in [0.1, 0.15) is 0 Å². The van der Waals surface area contributed by atoms with Crippen LogP contribution in [-0.2, 0) is 8.88 Å². The SMILES string of the molecule is O=P(O)(F)OPF. The van der Waals surface area contributed by atoms with E-state index in [0.717, 1.165) is 0 Å². The molecule has 0 radical (unpaired) electrons. The second-order valence-electron chi connectivity index (χ2n) is 0.620. The van der Waals surface area contributed by atoms with E-state index in [-0.39, 0.29) is 0 Å². The van der Waals surface area contributed by atoms with Crippen molar-refractivity contribution in [1.29, 1.82) is 0 Å². The van der Waals surface area contributed by atoms with Crippen LogP contribution in [0, 0.1) is 0 Å². The summed E-state index contributed by atoms with van der Waals surface area (Å²) in [4.78, 5) is 7.45. The van der Waals surface area contributed by atoms with Crippen molar-refractivity contribution >= 4 is 17.0 Å². The van der Waals surface area contributed by atoms with Crippen molar-refractivity contribution < 1.29 is 22.2 Å². The summed E-state index contributed by atoms with van der Waals surface area (Å²) in [6.45, 7) is 0. The summed E-state index contributed by atoms with van der Waals surface area (Å²) in [5.41, 5.74) is 0. The summed E-state index contributed by atoms with van der Waals surface area (Å²) >= 11 is 0. The van der Waals surface area contributed by atoms with Crippen LogP contribution in [0.3, 0.4) is 0 Å². The molecule has 0 aliphatic heterocycles. The first-order valence-corrected chi connectivity index (χ1v) is 3.38. The Hall–Kier alpha value is 0.440. The second-order valence-corrected chi connectivity index (χ2v) is 2.41. The second kappa shape index (κ2) is 2.68. The zero-order valence-corrected chi connectivity index (χ0v) is 4.86. The Morgan fingerprint density at radius 1 is 1.86 bits per heavy atom. The average Bonchev–Trinajstić information content (AvgIpc) is 1.30. The van der Waals surface area contributed by atoms with Crippen molar-refractivity contribution in [2.75, 3.05) is 0 Å². The molecule has 1 N–H and O–H groups in total. The van der Waals surface area contributed by atoms with Gasteiger partial charge in [-0.2, -0.15) is 4.20 Å². The molecule has 0 aromatic carbocycles. The van der Waals surface area contributed by atoms with Gasteiger partial charge >= 0.3 is 7.91 Å². The maximum Gasteiger partial charge on any atom is 0.515 e. The Labute approximate surface area is 40.3 Å². The topological polar surface area (TPSA) is 46.5 Å². The highest BCUT2D eigenvalue weighted by molar-refractivity contribution is 7.53. The zero-order chi connectivity index (χ0) is 5.91. The van der Waals surface area contributed by atoms with Crippen molar-refractivity contribution in [3.05, 3.63) is 0 Å². The molecule has 0 heterocycles. The Morgan fingerprint density at radius 2 is 2.29 bits per heavy atom. The minimum absolute atomic E-state index is 1.78. The number of halogens is 2. The number of hydrogen-bond acceptors (Lipinski definition) is 2. The van der Waals surface area contributed by atoms with Gasteiger partial charge in [-0.1, -0.05) is 0 Å². The third-order valence-electron chi connectivity index (χ3n) is 0.147. The molecule has 7 heteroatoms. The van der Waals surface area contributed by atoms with Crippen LogP contribution in [-0.4, -0.2) is 4.89 Å². The Morgan fingerprint density at radius 3 is 2.29 bits per heavy atom. The lowest BCUT2D eigenvalue weighted by Gasteiger charge is -1.92. The van der Waals surface area contributed by atoms with Crippen molar-refractivity contribution in [3.8, 4) is 0 Å². The molecule has 0 spiro atoms. The van der Waals surface area contributed by atoms with Crippen LogP contribution in [0.2, 0.25) is 0 Å². The summed E-state index contributed by atoms with van der Waals surface area (Å²) < 4.78 is 34.1. The van der Waals surface area contributed by atoms with E-state index >= 15 is 0 Å². The third-order valence-corrected chi connectivity index (χ3v) is 1.32. The minimum Gasteiger partial charge on any atom is -0.299 e. The normalized spacial score (nSPS) is 20.4. The fourth-order valence-corrected chi connectivity index (χ4v) is 0.383. The summed E-state index contributed by atoms with van der Waals surface area (Å²) in [5.74, 6) is 0. The molecule has 0 rings (SSSR count). The smallest absolute Gasteiger partial charge is 0.299 e. The van der Waals surface area contributed by atoms with E-state index in [4.69, 9.17) is 4.89 Å².